The van der Waals surface area contributed by atoms with Crippen molar-refractivity contribution in [2.24, 2.45) is 0 Å². The number of nitrogen functional groups attached to an aromatic ring is 1. The smallest absolute Gasteiger partial charge is 0.416 e. The Hall–Kier alpha value is -5.24. The number of aromatic hydroxyl groups is 1. The predicted molar refractivity (Wildman–Crippen MR) is 152 cm³/mol. The molecule has 2 aromatic carbocycles. The monoisotopic (exact) mass is 594 g/mol. The van der Waals surface area contributed by atoms with Crippen molar-refractivity contribution in [3.8, 4) is 17.0 Å². The maximum atomic E-state index is 13.6. The molecule has 5 N–H and O–H groups in total. The van der Waals surface area contributed by atoms with E-state index in [1.165, 1.54) is 17.1 Å². The maximum Gasteiger partial charge on any atom is 0.416 e. The van der Waals surface area contributed by atoms with E-state index in [-0.39, 0.29) is 34.6 Å². The molecule has 1 aliphatic heterocycles. The average molecular weight is 595 g/mol. The van der Waals surface area contributed by atoms with Crippen LogP contribution in [0.1, 0.15) is 36.3 Å². The first-order chi connectivity index (χ1) is 20.5. The van der Waals surface area contributed by atoms with Gasteiger partial charge in [0.15, 0.2) is 5.65 Å². The number of alkyl halides is 3. The predicted octanol–water partition coefficient (Wildman–Crippen LogP) is 4.59. The second-order valence-corrected chi connectivity index (χ2v) is 9.66. The number of anilines is 1. The number of fused-ring (bicyclic) bond motifs is 2. The van der Waals surface area contributed by atoms with Gasteiger partial charge in [0.25, 0.3) is 6.47 Å². The van der Waals surface area contributed by atoms with Crippen molar-refractivity contribution in [1.29, 1.82) is 0 Å². The lowest BCUT2D eigenvalue weighted by Gasteiger charge is -2.21. The number of halogens is 3. The fourth-order valence-electron chi connectivity index (χ4n) is 5.18. The summed E-state index contributed by atoms with van der Waals surface area (Å²) in [5.41, 5.74) is 6.61. The number of nitrogens with two attached hydrogens (primary N) is 1. The van der Waals surface area contributed by atoms with Crippen LogP contribution in [-0.4, -0.2) is 49.5 Å². The number of nitrogens with zero attached hydrogens (tertiary/aromatic N) is 4. The SMILES string of the molecule is CC(c1oc(=O)c2ccccc2c1C1=CCNCC1)n1nc(-c2cc(O)cc(C(F)(F)F)c2)c2c(N)ncnc21.O=CO. The molecule has 0 radical (unpaired) electrons. The van der Waals surface area contributed by atoms with Crippen LogP contribution in [0.25, 0.3) is 38.6 Å². The molecule has 11 nitrogen and oxygen atoms in total. The van der Waals surface area contributed by atoms with Gasteiger partial charge in [-0.05, 0) is 55.1 Å². The highest BCUT2D eigenvalue weighted by atomic mass is 19.4. The molecular formula is C29H25F3N6O5. The summed E-state index contributed by atoms with van der Waals surface area (Å²) in [6.07, 6.45) is -0.739. The van der Waals surface area contributed by atoms with Gasteiger partial charge >= 0.3 is 11.8 Å². The molecule has 0 saturated heterocycles. The largest absolute Gasteiger partial charge is 0.508 e. The Morgan fingerprint density at radius 1 is 1.16 bits per heavy atom. The van der Waals surface area contributed by atoms with Crippen LogP contribution in [0.5, 0.6) is 5.75 Å². The van der Waals surface area contributed by atoms with E-state index in [1.807, 2.05) is 18.2 Å². The number of phenols is 1. The summed E-state index contributed by atoms with van der Waals surface area (Å²) < 4.78 is 48.1. The Labute approximate surface area is 241 Å². The molecule has 0 spiro atoms. The summed E-state index contributed by atoms with van der Waals surface area (Å²) in [6, 6.07) is 9.12. The van der Waals surface area contributed by atoms with Gasteiger partial charge in [-0.25, -0.2) is 19.4 Å². The van der Waals surface area contributed by atoms with Crippen LogP contribution in [-0.2, 0) is 11.0 Å². The third-order valence-electron chi connectivity index (χ3n) is 7.03. The van der Waals surface area contributed by atoms with Crippen molar-refractivity contribution in [1.82, 2.24) is 25.1 Å². The van der Waals surface area contributed by atoms with Crippen molar-refractivity contribution in [3.05, 3.63) is 82.2 Å². The Kier molecular flexibility index (Phi) is 7.87. The number of nitrogens with one attached hydrogen (secondary N) is 1. The van der Waals surface area contributed by atoms with E-state index in [9.17, 15) is 23.1 Å². The first-order valence-corrected chi connectivity index (χ1v) is 13.0. The molecule has 0 saturated carbocycles. The molecule has 0 bridgehead atoms. The normalized spacial score (nSPS) is 14.2. The van der Waals surface area contributed by atoms with Crippen LogP contribution >= 0.6 is 0 Å². The number of rotatable bonds is 4. The first kappa shape index (κ1) is 29.3. The molecule has 1 unspecified atom stereocenters. The molecule has 5 aromatic rings. The average Bonchev–Trinajstić information content (AvgIpc) is 3.38. The van der Waals surface area contributed by atoms with E-state index in [4.69, 9.17) is 20.1 Å². The zero-order valence-corrected chi connectivity index (χ0v) is 22.6. The molecule has 222 valence electrons. The molecule has 3 aromatic heterocycles. The molecule has 0 fully saturated rings. The molecule has 0 aliphatic carbocycles. The maximum absolute atomic E-state index is 13.6. The van der Waals surface area contributed by atoms with E-state index in [1.54, 1.807) is 19.1 Å². The molecule has 14 heteroatoms. The van der Waals surface area contributed by atoms with Gasteiger partial charge in [0, 0.05) is 17.7 Å². The summed E-state index contributed by atoms with van der Waals surface area (Å²) in [5.74, 6) is -0.259. The van der Waals surface area contributed by atoms with Gasteiger partial charge in [-0.1, -0.05) is 24.3 Å². The molecule has 1 aliphatic rings. The minimum Gasteiger partial charge on any atom is -0.508 e. The molecule has 0 amide bonds. The quantitative estimate of drug-likeness (QED) is 0.216. The Morgan fingerprint density at radius 3 is 2.56 bits per heavy atom. The van der Waals surface area contributed by atoms with Crippen molar-refractivity contribution in [2.75, 3.05) is 18.8 Å². The number of benzene rings is 2. The van der Waals surface area contributed by atoms with Gasteiger partial charge in [-0.3, -0.25) is 4.79 Å². The van der Waals surface area contributed by atoms with Crippen LogP contribution in [0.2, 0.25) is 0 Å². The lowest BCUT2D eigenvalue weighted by Crippen LogP contribution is -2.22. The van der Waals surface area contributed by atoms with Crippen molar-refractivity contribution >= 4 is 39.7 Å². The highest BCUT2D eigenvalue weighted by Gasteiger charge is 2.33. The van der Waals surface area contributed by atoms with Gasteiger partial charge in [0.05, 0.1) is 16.3 Å². The number of phenolic OH excluding ortho intramolecular Hbond substituents is 1. The number of carbonyl (C=O) groups is 1. The molecular weight excluding hydrogens is 569 g/mol. The summed E-state index contributed by atoms with van der Waals surface area (Å²) in [7, 11) is 0. The van der Waals surface area contributed by atoms with Crippen molar-refractivity contribution < 1.29 is 32.6 Å². The Morgan fingerprint density at radius 2 is 1.88 bits per heavy atom. The number of aromatic nitrogens is 4. The molecule has 4 heterocycles. The number of hydrogen-bond acceptors (Lipinski definition) is 9. The van der Waals surface area contributed by atoms with Crippen molar-refractivity contribution in [3.63, 3.8) is 0 Å². The molecule has 1 atom stereocenters. The third-order valence-corrected chi connectivity index (χ3v) is 7.03. The second-order valence-electron chi connectivity index (χ2n) is 9.66. The highest BCUT2D eigenvalue weighted by Crippen LogP contribution is 2.40. The number of carboxylic acid groups (broad SMARTS) is 1. The van der Waals surface area contributed by atoms with E-state index < -0.39 is 29.2 Å². The lowest BCUT2D eigenvalue weighted by molar-refractivity contribution is -0.137. The second kappa shape index (κ2) is 11.6. The topological polar surface area (TPSA) is 169 Å². The minimum absolute atomic E-state index is 0.00315. The van der Waals surface area contributed by atoms with Crippen LogP contribution in [0, 0.1) is 0 Å². The molecule has 6 rings (SSSR count). The fraction of sp³-hybridized carbons (Fsp3) is 0.207. The summed E-state index contributed by atoms with van der Waals surface area (Å²) in [5, 5.41) is 26.3. The summed E-state index contributed by atoms with van der Waals surface area (Å²) >= 11 is 0. The van der Waals surface area contributed by atoms with Gasteiger partial charge in [-0.2, -0.15) is 18.3 Å². The van der Waals surface area contributed by atoms with Crippen molar-refractivity contribution in [2.45, 2.75) is 25.6 Å². The van der Waals surface area contributed by atoms with E-state index in [0.717, 1.165) is 29.1 Å². The Balaban J connectivity index is 0.00000118. The molecule has 43 heavy (non-hydrogen) atoms. The standard InChI is InChI=1S/C28H23F3N6O3.CH2O2/c1-14(24-21(15-6-8-33-9-7-15)19-4-2-3-5-20(19)27(39)40-24)37-26-22(25(32)34-13-35-26)23(36-37)16-10-17(28(29,30)31)12-18(38)11-16;2-1-3/h2-6,10-14,33,38H,7-9H2,1H3,(H2,32,34,35);1H,(H,2,3). The highest BCUT2D eigenvalue weighted by molar-refractivity contribution is 5.99. The van der Waals surface area contributed by atoms with Gasteiger partial charge in [0.1, 0.15) is 35.4 Å². The van der Waals surface area contributed by atoms with Crippen LogP contribution in [0.4, 0.5) is 19.0 Å². The minimum atomic E-state index is -4.70. The van der Waals surface area contributed by atoms with Crippen LogP contribution in [0.15, 0.2) is 64.1 Å². The van der Waals surface area contributed by atoms with E-state index in [0.29, 0.717) is 30.2 Å². The Bertz CT molecular complexity index is 1930. The fourth-order valence-corrected chi connectivity index (χ4v) is 5.18. The number of hydrogen-bond donors (Lipinski definition) is 4. The summed E-state index contributed by atoms with van der Waals surface area (Å²) in [4.78, 5) is 29.8. The van der Waals surface area contributed by atoms with Gasteiger partial charge in [0.2, 0.25) is 0 Å². The van der Waals surface area contributed by atoms with Gasteiger partial charge in [-0.15, -0.1) is 0 Å². The van der Waals surface area contributed by atoms with Crippen LogP contribution < -0.4 is 16.7 Å². The third kappa shape index (κ3) is 5.51. The van der Waals surface area contributed by atoms with E-state index >= 15 is 0 Å². The first-order valence-electron chi connectivity index (χ1n) is 13.0. The van der Waals surface area contributed by atoms with Gasteiger partial charge < -0.3 is 25.7 Å². The van der Waals surface area contributed by atoms with E-state index in [2.05, 4.69) is 20.4 Å². The zero-order valence-electron chi connectivity index (χ0n) is 22.6. The summed E-state index contributed by atoms with van der Waals surface area (Å²) in [6.45, 7) is 2.90. The lowest BCUT2D eigenvalue weighted by atomic mass is 9.92. The van der Waals surface area contributed by atoms with Crippen LogP contribution in [0.3, 0.4) is 0 Å². The zero-order chi connectivity index (χ0) is 30.9.